The van der Waals surface area contributed by atoms with E-state index in [-0.39, 0.29) is 6.61 Å². The summed E-state index contributed by atoms with van der Waals surface area (Å²) in [6.45, 7) is 1.71. The van der Waals surface area contributed by atoms with Crippen LogP contribution < -0.4 is 0 Å². The van der Waals surface area contributed by atoms with Gasteiger partial charge in [-0.2, -0.15) is 10.1 Å². The second-order valence-corrected chi connectivity index (χ2v) is 3.34. The Bertz CT molecular complexity index is 524. The molecule has 1 atom stereocenters. The monoisotopic (exact) mass is 245 g/mol. The number of nitrogens with zero attached hydrogens (tertiary/aromatic N) is 3. The van der Waals surface area contributed by atoms with Crippen LogP contribution in [-0.2, 0) is 9.53 Å². The molecule has 0 heterocycles. The van der Waals surface area contributed by atoms with Gasteiger partial charge in [-0.25, -0.2) is 4.79 Å². The number of rotatable bonds is 4. The lowest BCUT2D eigenvalue weighted by molar-refractivity contribution is -0.141. The highest BCUT2D eigenvalue weighted by atomic mass is 16.5. The first kappa shape index (κ1) is 13.6. The number of aliphatic hydroxyl groups is 1. The first-order valence-corrected chi connectivity index (χ1v) is 5.21. The van der Waals surface area contributed by atoms with Crippen molar-refractivity contribution in [2.24, 2.45) is 0 Å². The molecule has 0 aliphatic heterocycles. The van der Waals surface area contributed by atoms with E-state index in [2.05, 4.69) is 9.53 Å². The summed E-state index contributed by atoms with van der Waals surface area (Å²) in [6, 6.07) is 7.83. The molecule has 1 aromatic carbocycles. The molecule has 18 heavy (non-hydrogen) atoms. The fourth-order valence-corrected chi connectivity index (χ4v) is 1.31. The van der Waals surface area contributed by atoms with Gasteiger partial charge in [-0.1, -0.05) is 12.1 Å². The summed E-state index contributed by atoms with van der Waals surface area (Å²) in [6.07, 6.45) is -1.40. The second-order valence-electron chi connectivity index (χ2n) is 3.34. The van der Waals surface area contributed by atoms with E-state index in [1.165, 1.54) is 24.3 Å². The molecule has 0 saturated heterocycles. The lowest BCUT2D eigenvalue weighted by Crippen LogP contribution is -2.25. The first-order valence-electron chi connectivity index (χ1n) is 5.21. The van der Waals surface area contributed by atoms with Crippen LogP contribution >= 0.6 is 0 Å². The zero-order chi connectivity index (χ0) is 13.5. The third-order valence-corrected chi connectivity index (χ3v) is 2.21. The highest BCUT2D eigenvalue weighted by molar-refractivity contribution is 6.35. The molecule has 0 amide bonds. The van der Waals surface area contributed by atoms with Crippen LogP contribution in [0.4, 0.5) is 0 Å². The number of esters is 1. The minimum Gasteiger partial charge on any atom is -0.457 e. The Morgan fingerprint density at radius 1 is 1.56 bits per heavy atom. The van der Waals surface area contributed by atoms with Crippen molar-refractivity contribution in [2.75, 3.05) is 6.61 Å². The lowest BCUT2D eigenvalue weighted by atomic mass is 10.0. The maximum absolute atomic E-state index is 11.4. The fourth-order valence-electron chi connectivity index (χ4n) is 1.31. The van der Waals surface area contributed by atoms with Crippen LogP contribution in [0.2, 0.25) is 0 Å². The maximum atomic E-state index is 11.4. The number of hydrogen-bond acceptors (Lipinski definition) is 4. The van der Waals surface area contributed by atoms with E-state index in [1.54, 1.807) is 6.92 Å². The van der Waals surface area contributed by atoms with Gasteiger partial charge in [0.05, 0.1) is 18.2 Å². The van der Waals surface area contributed by atoms with Crippen molar-refractivity contribution in [1.82, 2.24) is 0 Å². The van der Waals surface area contributed by atoms with Gasteiger partial charge in [0.15, 0.2) is 6.10 Å². The number of carbonyl (C=O) groups is 1. The molecule has 0 aromatic heterocycles. The molecule has 0 fully saturated rings. The summed E-state index contributed by atoms with van der Waals surface area (Å²) in [5, 5.41) is 18.5. The molecule has 92 valence electrons. The zero-order valence-electron chi connectivity index (χ0n) is 9.70. The Kier molecular flexibility index (Phi) is 4.76. The topological polar surface area (TPSA) is 107 Å². The zero-order valence-corrected chi connectivity index (χ0v) is 9.70. The summed E-state index contributed by atoms with van der Waals surface area (Å²) in [5.74, 6) is -0.892. The third kappa shape index (κ3) is 3.01. The van der Waals surface area contributed by atoms with Crippen LogP contribution in [0.25, 0.3) is 5.53 Å². The number of aliphatic hydroxyl groups excluding tert-OH is 1. The van der Waals surface area contributed by atoms with Crippen LogP contribution in [0.1, 0.15) is 24.2 Å². The molecule has 0 spiro atoms. The summed E-state index contributed by atoms with van der Waals surface area (Å²) in [4.78, 5) is 14.1. The number of carbonyl (C=O) groups excluding carboxylic acids is 1. The van der Waals surface area contributed by atoms with E-state index in [9.17, 15) is 9.90 Å². The molecule has 0 saturated carbocycles. The minimum atomic E-state index is -1.40. The average Bonchev–Trinajstić information content (AvgIpc) is 2.40. The average molecular weight is 245 g/mol. The summed E-state index contributed by atoms with van der Waals surface area (Å²) in [7, 11) is 0. The number of ether oxygens (including phenoxy) is 1. The fraction of sp³-hybridized carbons (Fsp3) is 0.250. The molecular formula is C12H11N3O3. The van der Waals surface area contributed by atoms with Gasteiger partial charge in [0.25, 0.3) is 0 Å². The number of nitriles is 1. The number of benzene rings is 1. The Morgan fingerprint density at radius 3 is 2.61 bits per heavy atom. The van der Waals surface area contributed by atoms with Crippen molar-refractivity contribution >= 4 is 11.7 Å². The summed E-state index contributed by atoms with van der Waals surface area (Å²) in [5.41, 5.74) is 8.98. The molecule has 0 bridgehead atoms. The van der Waals surface area contributed by atoms with Crippen LogP contribution in [-0.4, -0.2) is 28.2 Å². The van der Waals surface area contributed by atoms with Crippen molar-refractivity contribution in [3.8, 4) is 6.07 Å². The van der Waals surface area contributed by atoms with Crippen molar-refractivity contribution < 1.29 is 19.4 Å². The van der Waals surface area contributed by atoms with Crippen LogP contribution in [0, 0.1) is 11.3 Å². The Morgan fingerprint density at radius 2 is 2.17 bits per heavy atom. The van der Waals surface area contributed by atoms with Gasteiger partial charge in [0.2, 0.25) is 0 Å². The van der Waals surface area contributed by atoms with Gasteiger partial charge in [-0.15, -0.1) is 0 Å². The Balaban J connectivity index is 2.97. The molecule has 6 heteroatoms. The predicted molar refractivity (Wildman–Crippen MR) is 61.4 cm³/mol. The van der Waals surface area contributed by atoms with Crippen molar-refractivity contribution in [3.63, 3.8) is 0 Å². The first-order chi connectivity index (χ1) is 8.63. The van der Waals surface area contributed by atoms with Gasteiger partial charge in [0.1, 0.15) is 0 Å². The van der Waals surface area contributed by atoms with Crippen LogP contribution in [0.15, 0.2) is 24.3 Å². The highest BCUT2D eigenvalue weighted by Crippen LogP contribution is 2.15. The smallest absolute Gasteiger partial charge is 0.420 e. The molecule has 6 nitrogen and oxygen atoms in total. The SMILES string of the molecule is CCOC(=O)C(=[N+]=[N-])C(O)c1ccc(C#N)cc1. The van der Waals surface area contributed by atoms with Gasteiger partial charge >= 0.3 is 11.7 Å². The van der Waals surface area contributed by atoms with Crippen LogP contribution in [0.3, 0.4) is 0 Å². The standard InChI is InChI=1S/C12H11N3O3/c1-2-18-12(17)10(15-14)11(16)9-5-3-8(7-13)4-6-9/h3-6,11,16H,2H2,1H3. The normalized spacial score (nSPS) is 10.9. The Hall–Kier alpha value is -2.48. The minimum absolute atomic E-state index is 0.109. The van der Waals surface area contributed by atoms with Crippen molar-refractivity contribution in [3.05, 3.63) is 40.9 Å². The third-order valence-electron chi connectivity index (χ3n) is 2.21. The maximum Gasteiger partial charge on any atom is 0.420 e. The van der Waals surface area contributed by atoms with Gasteiger partial charge < -0.3 is 15.4 Å². The highest BCUT2D eigenvalue weighted by Gasteiger charge is 2.32. The van der Waals surface area contributed by atoms with E-state index in [4.69, 9.17) is 10.8 Å². The quantitative estimate of drug-likeness (QED) is 0.367. The van der Waals surface area contributed by atoms with E-state index in [0.29, 0.717) is 11.1 Å². The lowest BCUT2D eigenvalue weighted by Gasteiger charge is -2.06. The van der Waals surface area contributed by atoms with E-state index in [1.807, 2.05) is 6.07 Å². The molecule has 1 unspecified atom stereocenters. The van der Waals surface area contributed by atoms with E-state index in [0.717, 1.165) is 0 Å². The molecule has 1 N–H and O–H groups in total. The van der Waals surface area contributed by atoms with Crippen molar-refractivity contribution in [2.45, 2.75) is 13.0 Å². The largest absolute Gasteiger partial charge is 0.457 e. The van der Waals surface area contributed by atoms with Crippen molar-refractivity contribution in [1.29, 1.82) is 5.26 Å². The molecule has 0 aliphatic rings. The van der Waals surface area contributed by atoms with E-state index < -0.39 is 17.8 Å². The van der Waals surface area contributed by atoms with Gasteiger partial charge in [-0.3, -0.25) is 0 Å². The Labute approximate surface area is 104 Å². The summed E-state index contributed by atoms with van der Waals surface area (Å²) < 4.78 is 4.64. The van der Waals surface area contributed by atoms with Crippen LogP contribution in [0.5, 0.6) is 0 Å². The molecule has 0 radical (unpaired) electrons. The second kappa shape index (κ2) is 6.30. The molecule has 1 aromatic rings. The van der Waals surface area contributed by atoms with Gasteiger partial charge in [0, 0.05) is 0 Å². The predicted octanol–water partition coefficient (Wildman–Crippen LogP) is 0.826. The number of hydrogen-bond donors (Lipinski definition) is 1. The summed E-state index contributed by atoms with van der Waals surface area (Å²) >= 11 is 0. The van der Waals surface area contributed by atoms with Gasteiger partial charge in [-0.05, 0) is 24.6 Å². The van der Waals surface area contributed by atoms with E-state index >= 15 is 0 Å². The molecule has 1 rings (SSSR count). The molecular weight excluding hydrogens is 234 g/mol. The molecule has 0 aliphatic carbocycles.